The number of aliphatic hydroxyl groups is 1. The van der Waals surface area contributed by atoms with Gasteiger partial charge in [-0.3, -0.25) is 0 Å². The van der Waals surface area contributed by atoms with Crippen LogP contribution >= 0.6 is 15.9 Å². The van der Waals surface area contributed by atoms with E-state index in [1.54, 1.807) is 0 Å². The first-order valence-corrected chi connectivity index (χ1v) is 7.73. The number of halogens is 1. The van der Waals surface area contributed by atoms with Gasteiger partial charge in [0, 0.05) is 30.2 Å². The molecule has 106 valence electrons. The van der Waals surface area contributed by atoms with Crippen LogP contribution in [0, 0.1) is 6.92 Å². The van der Waals surface area contributed by atoms with Crippen LogP contribution in [0.1, 0.15) is 18.4 Å². The van der Waals surface area contributed by atoms with Gasteiger partial charge < -0.3 is 14.9 Å². The maximum Gasteiger partial charge on any atom is 0.0511 e. The molecule has 1 atom stereocenters. The van der Waals surface area contributed by atoms with Crippen molar-refractivity contribution in [2.75, 3.05) is 38.2 Å². The van der Waals surface area contributed by atoms with E-state index in [4.69, 9.17) is 0 Å². The molecule has 1 unspecified atom stereocenters. The molecule has 19 heavy (non-hydrogen) atoms. The molecule has 1 aliphatic rings. The average molecular weight is 327 g/mol. The number of nitrogens with zero attached hydrogens (tertiary/aromatic N) is 2. The maximum atomic E-state index is 9.22. The molecule has 0 aromatic heterocycles. The second kappa shape index (κ2) is 6.73. The summed E-state index contributed by atoms with van der Waals surface area (Å²) in [6.07, 6.45) is 2.01. The van der Waals surface area contributed by atoms with E-state index in [9.17, 15) is 5.11 Å². The van der Waals surface area contributed by atoms with Crippen molar-refractivity contribution in [3.63, 3.8) is 0 Å². The van der Waals surface area contributed by atoms with Gasteiger partial charge in [0.05, 0.1) is 5.69 Å². The lowest BCUT2D eigenvalue weighted by molar-refractivity contribution is 0.196. The number of hydrogen-bond acceptors (Lipinski definition) is 3. The molecule has 1 aromatic carbocycles. The van der Waals surface area contributed by atoms with E-state index in [2.05, 4.69) is 57.9 Å². The standard InChI is InChI=1S/C15H23BrN2O/c1-12-4-5-15(14(16)10-12)18-8-3-7-17(2)13(11-18)6-9-19/h4-5,10,13,19H,3,6-9,11H2,1-2H3. The normalized spacial score (nSPS) is 21.5. The molecule has 0 saturated carbocycles. The Balaban J connectivity index is 2.18. The van der Waals surface area contributed by atoms with E-state index in [1.165, 1.54) is 22.1 Å². The largest absolute Gasteiger partial charge is 0.396 e. The van der Waals surface area contributed by atoms with Crippen LogP contribution in [0.3, 0.4) is 0 Å². The highest BCUT2D eigenvalue weighted by Crippen LogP contribution is 2.29. The molecule has 1 N–H and O–H groups in total. The molecule has 1 aromatic rings. The summed E-state index contributed by atoms with van der Waals surface area (Å²) in [6.45, 7) is 5.54. The molecule has 1 heterocycles. The number of aliphatic hydroxyl groups excluding tert-OH is 1. The lowest BCUT2D eigenvalue weighted by Gasteiger charge is -2.30. The molecule has 3 nitrogen and oxygen atoms in total. The van der Waals surface area contributed by atoms with E-state index >= 15 is 0 Å². The predicted octanol–water partition coefficient (Wildman–Crippen LogP) is 2.65. The number of rotatable bonds is 3. The van der Waals surface area contributed by atoms with Crippen molar-refractivity contribution in [3.05, 3.63) is 28.2 Å². The predicted molar refractivity (Wildman–Crippen MR) is 83.8 cm³/mol. The van der Waals surface area contributed by atoms with Gasteiger partial charge in [0.2, 0.25) is 0 Å². The van der Waals surface area contributed by atoms with Crippen molar-refractivity contribution in [2.24, 2.45) is 0 Å². The van der Waals surface area contributed by atoms with Gasteiger partial charge in [0.25, 0.3) is 0 Å². The molecular weight excluding hydrogens is 304 g/mol. The molecule has 1 fully saturated rings. The second-order valence-electron chi connectivity index (χ2n) is 5.40. The quantitative estimate of drug-likeness (QED) is 0.925. The zero-order chi connectivity index (χ0) is 13.8. The van der Waals surface area contributed by atoms with Crippen molar-refractivity contribution in [1.29, 1.82) is 0 Å². The zero-order valence-electron chi connectivity index (χ0n) is 11.8. The highest BCUT2D eigenvalue weighted by Gasteiger charge is 2.23. The summed E-state index contributed by atoms with van der Waals surface area (Å²) < 4.78 is 1.17. The van der Waals surface area contributed by atoms with E-state index in [0.717, 1.165) is 26.1 Å². The molecule has 0 amide bonds. The number of benzene rings is 1. The lowest BCUT2D eigenvalue weighted by atomic mass is 10.1. The highest BCUT2D eigenvalue weighted by molar-refractivity contribution is 9.10. The van der Waals surface area contributed by atoms with Crippen LogP contribution in [-0.2, 0) is 0 Å². The van der Waals surface area contributed by atoms with Gasteiger partial charge in [-0.2, -0.15) is 0 Å². The second-order valence-corrected chi connectivity index (χ2v) is 6.26. The maximum absolute atomic E-state index is 9.22. The third-order valence-corrected chi connectivity index (χ3v) is 4.53. The van der Waals surface area contributed by atoms with Crippen LogP contribution in [0.15, 0.2) is 22.7 Å². The smallest absolute Gasteiger partial charge is 0.0511 e. The van der Waals surface area contributed by atoms with Crippen molar-refractivity contribution >= 4 is 21.6 Å². The monoisotopic (exact) mass is 326 g/mol. The van der Waals surface area contributed by atoms with Gasteiger partial charge in [-0.05, 0) is 67.0 Å². The van der Waals surface area contributed by atoms with E-state index < -0.39 is 0 Å². The van der Waals surface area contributed by atoms with E-state index in [0.29, 0.717) is 6.04 Å². The molecule has 0 spiro atoms. The minimum absolute atomic E-state index is 0.262. The van der Waals surface area contributed by atoms with Crippen LogP contribution in [0.2, 0.25) is 0 Å². The fourth-order valence-electron chi connectivity index (χ4n) is 2.73. The lowest BCUT2D eigenvalue weighted by Crippen LogP contribution is -2.39. The van der Waals surface area contributed by atoms with Crippen molar-refractivity contribution in [2.45, 2.75) is 25.8 Å². The average Bonchev–Trinajstić information content (AvgIpc) is 2.53. The van der Waals surface area contributed by atoms with Gasteiger partial charge in [0.1, 0.15) is 0 Å². The van der Waals surface area contributed by atoms with Gasteiger partial charge in [-0.15, -0.1) is 0 Å². The van der Waals surface area contributed by atoms with E-state index in [-0.39, 0.29) is 6.61 Å². The summed E-state index contributed by atoms with van der Waals surface area (Å²) in [7, 11) is 2.16. The molecule has 2 rings (SSSR count). The Kier molecular flexibility index (Phi) is 5.25. The molecular formula is C15H23BrN2O. The fraction of sp³-hybridized carbons (Fsp3) is 0.600. The summed E-state index contributed by atoms with van der Waals surface area (Å²) in [5.41, 5.74) is 2.54. The van der Waals surface area contributed by atoms with Gasteiger partial charge >= 0.3 is 0 Å². The topological polar surface area (TPSA) is 26.7 Å². The SMILES string of the molecule is Cc1ccc(N2CCCN(C)C(CCO)C2)c(Br)c1. The highest BCUT2D eigenvalue weighted by atomic mass is 79.9. The summed E-state index contributed by atoms with van der Waals surface area (Å²) in [4.78, 5) is 4.81. The Morgan fingerprint density at radius 3 is 2.84 bits per heavy atom. The molecule has 4 heteroatoms. The van der Waals surface area contributed by atoms with Crippen molar-refractivity contribution < 1.29 is 5.11 Å². The fourth-order valence-corrected chi connectivity index (χ4v) is 3.47. The van der Waals surface area contributed by atoms with Crippen LogP contribution in [0.4, 0.5) is 5.69 Å². The van der Waals surface area contributed by atoms with Crippen LogP contribution in [-0.4, -0.2) is 49.3 Å². The zero-order valence-corrected chi connectivity index (χ0v) is 13.4. The van der Waals surface area contributed by atoms with Gasteiger partial charge in [0.15, 0.2) is 0 Å². The minimum Gasteiger partial charge on any atom is -0.396 e. The van der Waals surface area contributed by atoms with Gasteiger partial charge in [-0.1, -0.05) is 6.07 Å². The third kappa shape index (κ3) is 3.71. The Bertz CT molecular complexity index is 425. The van der Waals surface area contributed by atoms with Crippen LogP contribution in [0.5, 0.6) is 0 Å². The first-order valence-electron chi connectivity index (χ1n) is 6.94. The summed E-state index contributed by atoms with van der Waals surface area (Å²) in [5.74, 6) is 0. The molecule has 0 bridgehead atoms. The molecule has 0 radical (unpaired) electrons. The first-order chi connectivity index (χ1) is 9.11. The Labute approximate surface area is 124 Å². The summed E-state index contributed by atoms with van der Waals surface area (Å²) in [6, 6.07) is 6.96. The number of aryl methyl sites for hydroxylation is 1. The van der Waals surface area contributed by atoms with Gasteiger partial charge in [-0.25, -0.2) is 0 Å². The molecule has 0 aliphatic carbocycles. The van der Waals surface area contributed by atoms with E-state index in [1.807, 2.05) is 0 Å². The van der Waals surface area contributed by atoms with Crippen LogP contribution < -0.4 is 4.90 Å². The third-order valence-electron chi connectivity index (χ3n) is 3.90. The Morgan fingerprint density at radius 2 is 2.16 bits per heavy atom. The van der Waals surface area contributed by atoms with Crippen LogP contribution in [0.25, 0.3) is 0 Å². The minimum atomic E-state index is 0.262. The Hall–Kier alpha value is -0.580. The summed E-state index contributed by atoms with van der Waals surface area (Å²) in [5, 5.41) is 9.22. The molecule has 1 aliphatic heterocycles. The Morgan fingerprint density at radius 1 is 1.37 bits per heavy atom. The molecule has 1 saturated heterocycles. The first kappa shape index (κ1) is 14.8. The van der Waals surface area contributed by atoms with Crippen molar-refractivity contribution in [1.82, 2.24) is 4.90 Å². The number of anilines is 1. The summed E-state index contributed by atoms with van der Waals surface area (Å²) >= 11 is 3.68. The number of hydrogen-bond donors (Lipinski definition) is 1. The van der Waals surface area contributed by atoms with Crippen molar-refractivity contribution in [3.8, 4) is 0 Å². The number of likely N-dealkylation sites (N-methyl/N-ethyl adjacent to an activating group) is 1.